The number of hydrogen-bond donors (Lipinski definition) is 1. The molecule has 1 atom stereocenters. The van der Waals surface area contributed by atoms with Gasteiger partial charge in [-0.25, -0.2) is 0 Å². The minimum Gasteiger partial charge on any atom is -0.469 e. The normalized spacial score (nSPS) is 12.0. The Morgan fingerprint density at radius 1 is 1.22 bits per heavy atom. The zero-order chi connectivity index (χ0) is 13.5. The van der Waals surface area contributed by atoms with Crippen molar-refractivity contribution in [1.29, 1.82) is 0 Å². The summed E-state index contributed by atoms with van der Waals surface area (Å²) in [6, 6.07) is 9.07. The van der Waals surface area contributed by atoms with Crippen molar-refractivity contribution in [3.63, 3.8) is 0 Å². The van der Waals surface area contributed by atoms with Crippen LogP contribution >= 0.6 is 0 Å². The van der Waals surface area contributed by atoms with Crippen LogP contribution in [0.5, 0.6) is 0 Å². The van der Waals surface area contributed by atoms with E-state index in [-0.39, 0.29) is 30.3 Å². The molecule has 0 aromatic heterocycles. The second kappa shape index (κ2) is 6.79. The fraction of sp³-hybridized carbons (Fsp3) is 0.429. The van der Waals surface area contributed by atoms with Crippen molar-refractivity contribution < 1.29 is 14.3 Å². The highest BCUT2D eigenvalue weighted by molar-refractivity contribution is 5.79. The van der Waals surface area contributed by atoms with Gasteiger partial charge in [0.25, 0.3) is 0 Å². The zero-order valence-corrected chi connectivity index (χ0v) is 11.0. The molecule has 1 N–H and O–H groups in total. The lowest BCUT2D eigenvalue weighted by Gasteiger charge is -2.19. The van der Waals surface area contributed by atoms with E-state index in [0.717, 1.165) is 5.56 Å². The van der Waals surface area contributed by atoms with Crippen LogP contribution in [0.1, 0.15) is 31.9 Å². The zero-order valence-electron chi connectivity index (χ0n) is 11.0. The molecule has 0 unspecified atom stereocenters. The summed E-state index contributed by atoms with van der Waals surface area (Å²) in [6.07, 6.45) is 0.138. The fourth-order valence-electron chi connectivity index (χ4n) is 1.53. The van der Waals surface area contributed by atoms with E-state index in [0.29, 0.717) is 0 Å². The number of benzene rings is 1. The average molecular weight is 249 g/mol. The molecule has 98 valence electrons. The molecule has 4 nitrogen and oxygen atoms in total. The van der Waals surface area contributed by atoms with Gasteiger partial charge < -0.3 is 10.1 Å². The van der Waals surface area contributed by atoms with Gasteiger partial charge in [-0.2, -0.15) is 0 Å². The maximum atomic E-state index is 11.7. The predicted molar refractivity (Wildman–Crippen MR) is 68.8 cm³/mol. The average Bonchev–Trinajstić information content (AvgIpc) is 2.38. The molecule has 0 saturated heterocycles. The lowest BCUT2D eigenvalue weighted by atomic mass is 10.0. The van der Waals surface area contributed by atoms with E-state index < -0.39 is 0 Å². The monoisotopic (exact) mass is 249 g/mol. The molecule has 1 amide bonds. The van der Waals surface area contributed by atoms with Crippen LogP contribution in [0.15, 0.2) is 30.3 Å². The Kier molecular flexibility index (Phi) is 5.36. The first-order valence-corrected chi connectivity index (χ1v) is 5.96. The molecule has 1 aromatic rings. The van der Waals surface area contributed by atoms with Crippen molar-refractivity contribution in [3.8, 4) is 0 Å². The Morgan fingerprint density at radius 2 is 1.83 bits per heavy atom. The number of methoxy groups -OCH3 is 1. The SMILES string of the molecule is COC(=O)C[C@@H](NC(=O)C(C)C)c1ccccc1. The molecule has 0 radical (unpaired) electrons. The van der Waals surface area contributed by atoms with Crippen LogP contribution in [-0.2, 0) is 14.3 Å². The van der Waals surface area contributed by atoms with Crippen molar-refractivity contribution in [2.24, 2.45) is 5.92 Å². The summed E-state index contributed by atoms with van der Waals surface area (Å²) < 4.78 is 4.65. The van der Waals surface area contributed by atoms with E-state index in [4.69, 9.17) is 0 Å². The van der Waals surface area contributed by atoms with Gasteiger partial charge >= 0.3 is 5.97 Å². The number of esters is 1. The number of amides is 1. The number of rotatable bonds is 5. The summed E-state index contributed by atoms with van der Waals surface area (Å²) in [7, 11) is 1.34. The van der Waals surface area contributed by atoms with Gasteiger partial charge in [0.2, 0.25) is 5.91 Å². The van der Waals surface area contributed by atoms with Crippen molar-refractivity contribution in [2.75, 3.05) is 7.11 Å². The van der Waals surface area contributed by atoms with E-state index in [1.807, 2.05) is 44.2 Å². The molecular formula is C14H19NO3. The van der Waals surface area contributed by atoms with Crippen molar-refractivity contribution >= 4 is 11.9 Å². The fourth-order valence-corrected chi connectivity index (χ4v) is 1.53. The summed E-state index contributed by atoms with van der Waals surface area (Å²) in [4.78, 5) is 23.1. The Labute approximate surface area is 107 Å². The van der Waals surface area contributed by atoms with Gasteiger partial charge in [0, 0.05) is 5.92 Å². The van der Waals surface area contributed by atoms with E-state index >= 15 is 0 Å². The highest BCUT2D eigenvalue weighted by Crippen LogP contribution is 2.17. The summed E-state index contributed by atoms with van der Waals surface area (Å²) >= 11 is 0. The molecule has 0 fully saturated rings. The summed E-state index contributed by atoms with van der Waals surface area (Å²) in [5.41, 5.74) is 0.900. The predicted octanol–water partition coefficient (Wildman–Crippen LogP) is 2.06. The topological polar surface area (TPSA) is 55.4 Å². The number of carbonyl (C=O) groups is 2. The summed E-state index contributed by atoms with van der Waals surface area (Å²) in [5, 5.41) is 2.86. The molecule has 1 aromatic carbocycles. The molecule has 0 aliphatic carbocycles. The molecule has 0 bridgehead atoms. The molecule has 18 heavy (non-hydrogen) atoms. The first-order valence-electron chi connectivity index (χ1n) is 5.96. The van der Waals surface area contributed by atoms with Crippen LogP contribution in [0.3, 0.4) is 0 Å². The number of hydrogen-bond acceptors (Lipinski definition) is 3. The lowest BCUT2D eigenvalue weighted by molar-refractivity contribution is -0.141. The third kappa shape index (κ3) is 4.20. The summed E-state index contributed by atoms with van der Waals surface area (Å²) in [5.74, 6) is -0.533. The third-order valence-corrected chi connectivity index (χ3v) is 2.64. The summed E-state index contributed by atoms with van der Waals surface area (Å²) in [6.45, 7) is 3.63. The van der Waals surface area contributed by atoms with Gasteiger partial charge in [0.05, 0.1) is 19.6 Å². The van der Waals surface area contributed by atoms with Gasteiger partial charge in [-0.15, -0.1) is 0 Å². The largest absolute Gasteiger partial charge is 0.469 e. The number of ether oxygens (including phenoxy) is 1. The quantitative estimate of drug-likeness (QED) is 0.813. The Morgan fingerprint density at radius 3 is 2.33 bits per heavy atom. The second-order valence-electron chi connectivity index (χ2n) is 4.41. The Bertz CT molecular complexity index is 401. The van der Waals surface area contributed by atoms with Gasteiger partial charge in [0.1, 0.15) is 0 Å². The van der Waals surface area contributed by atoms with E-state index in [2.05, 4.69) is 10.1 Å². The minimum absolute atomic E-state index is 0.0762. The van der Waals surface area contributed by atoms with Crippen LogP contribution in [0, 0.1) is 5.92 Å². The number of nitrogens with one attached hydrogen (secondary N) is 1. The van der Waals surface area contributed by atoms with Crippen LogP contribution in [-0.4, -0.2) is 19.0 Å². The smallest absolute Gasteiger partial charge is 0.307 e. The van der Waals surface area contributed by atoms with Crippen LogP contribution in [0.25, 0.3) is 0 Å². The van der Waals surface area contributed by atoms with E-state index in [1.165, 1.54) is 7.11 Å². The second-order valence-corrected chi connectivity index (χ2v) is 4.41. The first kappa shape index (κ1) is 14.2. The molecule has 4 heteroatoms. The van der Waals surface area contributed by atoms with Crippen LogP contribution in [0.2, 0.25) is 0 Å². The van der Waals surface area contributed by atoms with Crippen molar-refractivity contribution in [2.45, 2.75) is 26.3 Å². The highest BCUT2D eigenvalue weighted by Gasteiger charge is 2.19. The molecule has 0 aliphatic heterocycles. The Balaban J connectivity index is 2.82. The number of carbonyl (C=O) groups excluding carboxylic acids is 2. The third-order valence-electron chi connectivity index (χ3n) is 2.64. The van der Waals surface area contributed by atoms with Crippen molar-refractivity contribution in [3.05, 3.63) is 35.9 Å². The van der Waals surface area contributed by atoms with E-state index in [1.54, 1.807) is 0 Å². The molecule has 0 saturated carbocycles. The first-order chi connectivity index (χ1) is 8.54. The molecule has 0 aliphatic rings. The molecule has 1 rings (SSSR count). The van der Waals surface area contributed by atoms with E-state index in [9.17, 15) is 9.59 Å². The molecule has 0 spiro atoms. The van der Waals surface area contributed by atoms with Gasteiger partial charge in [-0.05, 0) is 5.56 Å². The minimum atomic E-state index is -0.340. The molecule has 0 heterocycles. The Hall–Kier alpha value is -1.84. The van der Waals surface area contributed by atoms with Gasteiger partial charge in [-0.1, -0.05) is 44.2 Å². The highest BCUT2D eigenvalue weighted by atomic mass is 16.5. The maximum absolute atomic E-state index is 11.7. The lowest BCUT2D eigenvalue weighted by Crippen LogP contribution is -2.33. The van der Waals surface area contributed by atoms with Crippen LogP contribution < -0.4 is 5.32 Å². The van der Waals surface area contributed by atoms with Gasteiger partial charge in [0.15, 0.2) is 0 Å². The maximum Gasteiger partial charge on any atom is 0.307 e. The standard InChI is InChI=1S/C14H19NO3/c1-10(2)14(17)15-12(9-13(16)18-3)11-7-5-4-6-8-11/h4-8,10,12H,9H2,1-3H3,(H,15,17)/t12-/m1/s1. The van der Waals surface area contributed by atoms with Crippen LogP contribution in [0.4, 0.5) is 0 Å². The molecular weight excluding hydrogens is 230 g/mol. The van der Waals surface area contributed by atoms with Crippen molar-refractivity contribution in [1.82, 2.24) is 5.32 Å². The van der Waals surface area contributed by atoms with Gasteiger partial charge in [-0.3, -0.25) is 9.59 Å².